The molecule has 0 atom stereocenters. The molecule has 3 aromatic rings. The maximum absolute atomic E-state index is 12.7. The predicted molar refractivity (Wildman–Crippen MR) is 70.7 cm³/mol. The van der Waals surface area contributed by atoms with Gasteiger partial charge in [0.05, 0.1) is 10.9 Å². The van der Waals surface area contributed by atoms with Gasteiger partial charge in [0.2, 0.25) is 5.89 Å². The van der Waals surface area contributed by atoms with E-state index in [1.807, 2.05) is 0 Å². The Bertz CT molecular complexity index is 868. The van der Waals surface area contributed by atoms with E-state index in [2.05, 4.69) is 4.98 Å². The quantitative estimate of drug-likeness (QED) is 0.683. The molecule has 0 radical (unpaired) electrons. The van der Waals surface area contributed by atoms with E-state index in [-0.39, 0.29) is 22.4 Å². The zero-order valence-electron chi connectivity index (χ0n) is 10.5. The highest BCUT2D eigenvalue weighted by Gasteiger charge is 2.30. The summed E-state index contributed by atoms with van der Waals surface area (Å²) in [7, 11) is 0. The lowest BCUT2D eigenvalue weighted by atomic mass is 10.1. The van der Waals surface area contributed by atoms with Crippen LogP contribution in [0.4, 0.5) is 13.2 Å². The van der Waals surface area contributed by atoms with Gasteiger partial charge in [0.25, 0.3) is 5.56 Å². The first-order chi connectivity index (χ1) is 9.95. The molecule has 3 nitrogen and oxygen atoms in total. The zero-order chi connectivity index (χ0) is 15.0. The van der Waals surface area contributed by atoms with E-state index in [0.29, 0.717) is 0 Å². The number of hydrogen-bond donors (Lipinski definition) is 0. The Hall–Kier alpha value is -2.63. The van der Waals surface area contributed by atoms with Crippen molar-refractivity contribution >= 4 is 11.0 Å². The second-order valence-electron chi connectivity index (χ2n) is 4.40. The maximum atomic E-state index is 12.7. The number of halogens is 3. The van der Waals surface area contributed by atoms with Crippen molar-refractivity contribution in [3.63, 3.8) is 0 Å². The van der Waals surface area contributed by atoms with Crippen LogP contribution in [0.5, 0.6) is 0 Å². The van der Waals surface area contributed by atoms with Crippen molar-refractivity contribution in [3.8, 4) is 11.5 Å². The second-order valence-corrected chi connectivity index (χ2v) is 4.40. The Morgan fingerprint density at radius 1 is 1.00 bits per heavy atom. The van der Waals surface area contributed by atoms with Crippen LogP contribution in [0.3, 0.4) is 0 Å². The molecule has 3 rings (SSSR count). The number of rotatable bonds is 1. The summed E-state index contributed by atoms with van der Waals surface area (Å²) in [4.78, 5) is 15.6. The molecule has 21 heavy (non-hydrogen) atoms. The van der Waals surface area contributed by atoms with Gasteiger partial charge in [0.15, 0.2) is 0 Å². The number of nitrogens with zero attached hydrogens (tertiary/aromatic N) is 1. The van der Waals surface area contributed by atoms with Crippen molar-refractivity contribution in [3.05, 3.63) is 64.4 Å². The molecule has 0 amide bonds. The van der Waals surface area contributed by atoms with E-state index in [0.717, 1.165) is 12.1 Å². The van der Waals surface area contributed by atoms with Crippen LogP contribution in [0, 0.1) is 0 Å². The molecule has 0 saturated carbocycles. The van der Waals surface area contributed by atoms with Gasteiger partial charge in [-0.2, -0.15) is 18.2 Å². The molecule has 1 heterocycles. The summed E-state index contributed by atoms with van der Waals surface area (Å²) in [6.45, 7) is 0. The van der Waals surface area contributed by atoms with Crippen LogP contribution in [0.2, 0.25) is 0 Å². The van der Waals surface area contributed by atoms with Gasteiger partial charge in [0.1, 0.15) is 5.58 Å². The van der Waals surface area contributed by atoms with Crippen LogP contribution in [-0.2, 0) is 6.18 Å². The van der Waals surface area contributed by atoms with Crippen LogP contribution in [-0.4, -0.2) is 4.98 Å². The summed E-state index contributed by atoms with van der Waals surface area (Å²) in [5.74, 6) is -0.134. The molecule has 0 aliphatic carbocycles. The molecule has 0 saturated heterocycles. The summed E-state index contributed by atoms with van der Waals surface area (Å²) in [5, 5.41) is 0.285. The Kier molecular flexibility index (Phi) is 3.01. The van der Waals surface area contributed by atoms with Crippen molar-refractivity contribution in [1.82, 2.24) is 4.98 Å². The summed E-state index contributed by atoms with van der Waals surface area (Å²) in [5.41, 5.74) is -0.973. The molecular formula is C15H8F3NO2. The SMILES string of the molecule is O=c1nc(-c2cccc(C(F)(F)F)c2)oc2ccccc12. The van der Waals surface area contributed by atoms with Crippen LogP contribution in [0.25, 0.3) is 22.4 Å². The maximum Gasteiger partial charge on any atom is 0.416 e. The van der Waals surface area contributed by atoms with E-state index in [4.69, 9.17) is 4.42 Å². The van der Waals surface area contributed by atoms with Crippen LogP contribution >= 0.6 is 0 Å². The van der Waals surface area contributed by atoms with Crippen LogP contribution < -0.4 is 5.56 Å². The highest BCUT2D eigenvalue weighted by atomic mass is 19.4. The molecule has 2 aromatic carbocycles. The van der Waals surface area contributed by atoms with Gasteiger partial charge in [-0.25, -0.2) is 0 Å². The Morgan fingerprint density at radius 3 is 2.52 bits per heavy atom. The molecule has 0 fully saturated rings. The first-order valence-electron chi connectivity index (χ1n) is 6.03. The molecule has 0 spiro atoms. The van der Waals surface area contributed by atoms with E-state index in [1.54, 1.807) is 24.3 Å². The minimum atomic E-state index is -4.47. The van der Waals surface area contributed by atoms with E-state index < -0.39 is 17.3 Å². The molecule has 0 aliphatic rings. The third kappa shape index (κ3) is 2.52. The molecular weight excluding hydrogens is 283 g/mol. The van der Waals surface area contributed by atoms with Crippen molar-refractivity contribution in [2.45, 2.75) is 6.18 Å². The summed E-state index contributed by atoms with van der Waals surface area (Å²) < 4.78 is 43.5. The standard InChI is InChI=1S/C15H8F3NO2/c16-15(17,18)10-5-3-4-9(8-10)14-19-13(20)11-6-1-2-7-12(11)21-14/h1-8H. The van der Waals surface area contributed by atoms with Gasteiger partial charge in [-0.15, -0.1) is 0 Å². The number of fused-ring (bicyclic) bond motifs is 1. The highest BCUT2D eigenvalue weighted by Crippen LogP contribution is 2.31. The second kappa shape index (κ2) is 4.73. The van der Waals surface area contributed by atoms with E-state index >= 15 is 0 Å². The zero-order valence-corrected chi connectivity index (χ0v) is 10.5. The van der Waals surface area contributed by atoms with Gasteiger partial charge in [-0.1, -0.05) is 18.2 Å². The Labute approximate surface area is 116 Å². The van der Waals surface area contributed by atoms with Crippen molar-refractivity contribution in [2.24, 2.45) is 0 Å². The smallest absolute Gasteiger partial charge is 0.416 e. The summed E-state index contributed by atoms with van der Waals surface area (Å²) in [6, 6.07) is 10.9. The van der Waals surface area contributed by atoms with Gasteiger partial charge in [0, 0.05) is 5.56 Å². The van der Waals surface area contributed by atoms with Crippen molar-refractivity contribution < 1.29 is 17.6 Å². The van der Waals surface area contributed by atoms with Gasteiger partial charge < -0.3 is 4.42 Å². The lowest BCUT2D eigenvalue weighted by Gasteiger charge is -2.08. The van der Waals surface area contributed by atoms with Gasteiger partial charge in [-0.05, 0) is 30.3 Å². The molecule has 0 aliphatic heterocycles. The molecule has 6 heteroatoms. The van der Waals surface area contributed by atoms with Crippen LogP contribution in [0.15, 0.2) is 57.7 Å². The molecule has 106 valence electrons. The van der Waals surface area contributed by atoms with Crippen molar-refractivity contribution in [1.29, 1.82) is 0 Å². The molecule has 0 N–H and O–H groups in total. The fraction of sp³-hybridized carbons (Fsp3) is 0.0667. The Balaban J connectivity index is 2.19. The average molecular weight is 291 g/mol. The number of aromatic nitrogens is 1. The summed E-state index contributed by atoms with van der Waals surface area (Å²) in [6.07, 6.45) is -4.47. The molecule has 1 aromatic heterocycles. The van der Waals surface area contributed by atoms with Crippen LogP contribution in [0.1, 0.15) is 5.56 Å². The van der Waals surface area contributed by atoms with Gasteiger partial charge in [-0.3, -0.25) is 4.79 Å². The first kappa shape index (κ1) is 13.4. The molecule has 0 unspecified atom stereocenters. The topological polar surface area (TPSA) is 43.1 Å². The van der Waals surface area contributed by atoms with Gasteiger partial charge >= 0.3 is 6.18 Å². The fourth-order valence-corrected chi connectivity index (χ4v) is 1.96. The van der Waals surface area contributed by atoms with E-state index in [1.165, 1.54) is 12.1 Å². The first-order valence-corrected chi connectivity index (χ1v) is 6.03. The Morgan fingerprint density at radius 2 is 1.76 bits per heavy atom. The lowest BCUT2D eigenvalue weighted by molar-refractivity contribution is -0.137. The summed E-state index contributed by atoms with van der Waals surface area (Å²) >= 11 is 0. The minimum absolute atomic E-state index is 0.104. The fourth-order valence-electron chi connectivity index (χ4n) is 1.96. The third-order valence-corrected chi connectivity index (χ3v) is 2.96. The molecule has 0 bridgehead atoms. The number of para-hydroxylation sites is 1. The number of hydrogen-bond acceptors (Lipinski definition) is 3. The average Bonchev–Trinajstić information content (AvgIpc) is 2.46. The monoisotopic (exact) mass is 291 g/mol. The normalized spacial score (nSPS) is 11.8. The van der Waals surface area contributed by atoms with Crippen molar-refractivity contribution in [2.75, 3.05) is 0 Å². The lowest BCUT2D eigenvalue weighted by Crippen LogP contribution is -2.08. The number of benzene rings is 2. The van der Waals surface area contributed by atoms with E-state index in [9.17, 15) is 18.0 Å². The highest BCUT2D eigenvalue weighted by molar-refractivity contribution is 5.76. The predicted octanol–water partition coefficient (Wildman–Crippen LogP) is 3.87. The largest absolute Gasteiger partial charge is 0.437 e. The minimum Gasteiger partial charge on any atom is -0.437 e. The number of alkyl halides is 3. The third-order valence-electron chi connectivity index (χ3n) is 2.96.